The van der Waals surface area contributed by atoms with Gasteiger partial charge in [-0.3, -0.25) is 4.90 Å². The van der Waals surface area contributed by atoms with Crippen LogP contribution < -0.4 is 5.73 Å². The molecule has 3 heteroatoms. The molecule has 1 fully saturated rings. The van der Waals surface area contributed by atoms with Gasteiger partial charge in [-0.2, -0.15) is 0 Å². The van der Waals surface area contributed by atoms with Crippen LogP contribution in [0.15, 0.2) is 24.3 Å². The van der Waals surface area contributed by atoms with Crippen molar-refractivity contribution >= 4 is 0 Å². The Bertz CT molecular complexity index is 334. The van der Waals surface area contributed by atoms with Crippen molar-refractivity contribution in [2.45, 2.75) is 25.4 Å². The summed E-state index contributed by atoms with van der Waals surface area (Å²) >= 11 is 0. The van der Waals surface area contributed by atoms with Gasteiger partial charge in [0.25, 0.3) is 0 Å². The van der Waals surface area contributed by atoms with Gasteiger partial charge >= 0.3 is 0 Å². The zero-order valence-corrected chi connectivity index (χ0v) is 8.99. The van der Waals surface area contributed by atoms with E-state index in [0.717, 1.165) is 25.1 Å². The standard InChI is InChI=1S/C12H17FN2/c1-9(15-7-11(14)8-15)6-10-4-2-3-5-12(10)13/h2-5,9,11H,6-8,14H2,1H3. The molecule has 1 aliphatic heterocycles. The van der Waals surface area contributed by atoms with Crippen LogP contribution in [0, 0.1) is 5.82 Å². The highest BCUT2D eigenvalue weighted by Gasteiger charge is 2.27. The summed E-state index contributed by atoms with van der Waals surface area (Å²) in [5.41, 5.74) is 6.51. The molecule has 1 aliphatic rings. The molecule has 1 saturated heterocycles. The van der Waals surface area contributed by atoms with Crippen molar-refractivity contribution in [2.75, 3.05) is 13.1 Å². The van der Waals surface area contributed by atoms with Crippen LogP contribution in [-0.2, 0) is 6.42 Å². The fourth-order valence-electron chi connectivity index (χ4n) is 2.02. The van der Waals surface area contributed by atoms with Crippen LogP contribution >= 0.6 is 0 Å². The molecule has 1 atom stereocenters. The Morgan fingerprint density at radius 2 is 2.13 bits per heavy atom. The van der Waals surface area contributed by atoms with E-state index in [2.05, 4.69) is 11.8 Å². The van der Waals surface area contributed by atoms with E-state index in [9.17, 15) is 4.39 Å². The first kappa shape index (κ1) is 10.6. The molecule has 1 aromatic carbocycles. The van der Waals surface area contributed by atoms with Gasteiger partial charge in [0.15, 0.2) is 0 Å². The monoisotopic (exact) mass is 208 g/mol. The van der Waals surface area contributed by atoms with Crippen molar-refractivity contribution in [3.63, 3.8) is 0 Å². The summed E-state index contributed by atoms with van der Waals surface area (Å²) in [6.07, 6.45) is 0.763. The van der Waals surface area contributed by atoms with Crippen LogP contribution in [0.2, 0.25) is 0 Å². The molecule has 0 radical (unpaired) electrons. The molecule has 82 valence electrons. The molecule has 0 bridgehead atoms. The largest absolute Gasteiger partial charge is 0.325 e. The fraction of sp³-hybridized carbons (Fsp3) is 0.500. The van der Waals surface area contributed by atoms with Gasteiger partial charge in [0, 0.05) is 25.2 Å². The third-order valence-electron chi connectivity index (χ3n) is 3.03. The Morgan fingerprint density at radius 1 is 1.47 bits per heavy atom. The van der Waals surface area contributed by atoms with Crippen LogP contribution in [0.5, 0.6) is 0 Å². The molecular weight excluding hydrogens is 191 g/mol. The quantitative estimate of drug-likeness (QED) is 0.813. The van der Waals surface area contributed by atoms with Crippen molar-refractivity contribution in [3.05, 3.63) is 35.6 Å². The van der Waals surface area contributed by atoms with Crippen LogP contribution in [-0.4, -0.2) is 30.1 Å². The molecule has 0 spiro atoms. The van der Waals surface area contributed by atoms with Gasteiger partial charge in [0.1, 0.15) is 5.82 Å². The number of likely N-dealkylation sites (tertiary alicyclic amines) is 1. The molecule has 0 aromatic heterocycles. The average Bonchev–Trinajstić information content (AvgIpc) is 2.17. The highest BCUT2D eigenvalue weighted by Crippen LogP contribution is 2.16. The second-order valence-electron chi connectivity index (χ2n) is 4.36. The third-order valence-corrected chi connectivity index (χ3v) is 3.03. The van der Waals surface area contributed by atoms with E-state index < -0.39 is 0 Å². The van der Waals surface area contributed by atoms with E-state index >= 15 is 0 Å². The maximum Gasteiger partial charge on any atom is 0.126 e. The van der Waals surface area contributed by atoms with Gasteiger partial charge in [-0.15, -0.1) is 0 Å². The number of halogens is 1. The predicted molar refractivity (Wildman–Crippen MR) is 59.1 cm³/mol. The molecule has 0 saturated carbocycles. The summed E-state index contributed by atoms with van der Waals surface area (Å²) in [6.45, 7) is 4.00. The third kappa shape index (κ3) is 2.36. The molecule has 0 aliphatic carbocycles. The first-order valence-corrected chi connectivity index (χ1v) is 5.40. The first-order valence-electron chi connectivity index (χ1n) is 5.40. The Morgan fingerprint density at radius 3 is 2.73 bits per heavy atom. The van der Waals surface area contributed by atoms with Crippen molar-refractivity contribution in [3.8, 4) is 0 Å². The molecule has 1 heterocycles. The van der Waals surface area contributed by atoms with Crippen LogP contribution in [0.25, 0.3) is 0 Å². The normalized spacial score (nSPS) is 19.9. The van der Waals surface area contributed by atoms with Gasteiger partial charge in [-0.25, -0.2) is 4.39 Å². The van der Waals surface area contributed by atoms with Crippen LogP contribution in [0.3, 0.4) is 0 Å². The van der Waals surface area contributed by atoms with Crippen LogP contribution in [0.1, 0.15) is 12.5 Å². The van der Waals surface area contributed by atoms with E-state index in [-0.39, 0.29) is 5.82 Å². The molecule has 2 nitrogen and oxygen atoms in total. The summed E-state index contributed by atoms with van der Waals surface area (Å²) in [5, 5.41) is 0. The summed E-state index contributed by atoms with van der Waals surface area (Å²) in [4.78, 5) is 2.29. The summed E-state index contributed by atoms with van der Waals surface area (Å²) < 4.78 is 13.4. The fourth-order valence-corrected chi connectivity index (χ4v) is 2.02. The minimum atomic E-state index is -0.103. The Labute approximate surface area is 89.9 Å². The highest BCUT2D eigenvalue weighted by molar-refractivity contribution is 5.18. The maximum atomic E-state index is 13.4. The van der Waals surface area contributed by atoms with E-state index in [1.54, 1.807) is 6.07 Å². The van der Waals surface area contributed by atoms with Crippen molar-refractivity contribution in [1.82, 2.24) is 4.90 Å². The van der Waals surface area contributed by atoms with Gasteiger partial charge in [0.05, 0.1) is 0 Å². The van der Waals surface area contributed by atoms with E-state index in [4.69, 9.17) is 5.73 Å². The minimum Gasteiger partial charge on any atom is -0.325 e. The lowest BCUT2D eigenvalue weighted by Gasteiger charge is -2.41. The second-order valence-corrected chi connectivity index (χ2v) is 4.36. The molecule has 2 N–H and O–H groups in total. The van der Waals surface area contributed by atoms with Crippen LogP contribution in [0.4, 0.5) is 4.39 Å². The van der Waals surface area contributed by atoms with E-state index in [1.807, 2.05) is 12.1 Å². The average molecular weight is 208 g/mol. The highest BCUT2D eigenvalue weighted by atomic mass is 19.1. The molecule has 0 amide bonds. The Balaban J connectivity index is 1.94. The number of benzene rings is 1. The van der Waals surface area contributed by atoms with Gasteiger partial charge in [-0.05, 0) is 25.0 Å². The lowest BCUT2D eigenvalue weighted by molar-refractivity contribution is 0.103. The molecule has 15 heavy (non-hydrogen) atoms. The van der Waals surface area contributed by atoms with Crippen molar-refractivity contribution < 1.29 is 4.39 Å². The summed E-state index contributed by atoms with van der Waals surface area (Å²) in [5.74, 6) is -0.103. The second kappa shape index (κ2) is 4.29. The first-order chi connectivity index (χ1) is 7.16. The Kier molecular flexibility index (Phi) is 3.03. The topological polar surface area (TPSA) is 29.3 Å². The summed E-state index contributed by atoms with van der Waals surface area (Å²) in [6, 6.07) is 7.67. The number of hydrogen-bond donors (Lipinski definition) is 1. The Hall–Kier alpha value is -0.930. The minimum absolute atomic E-state index is 0.103. The lowest BCUT2D eigenvalue weighted by atomic mass is 10.0. The summed E-state index contributed by atoms with van der Waals surface area (Å²) in [7, 11) is 0. The SMILES string of the molecule is CC(Cc1ccccc1F)N1CC(N)C1. The molecule has 1 aromatic rings. The molecule has 1 unspecified atom stereocenters. The predicted octanol–water partition coefficient (Wildman–Crippen LogP) is 1.40. The van der Waals surface area contributed by atoms with Gasteiger partial charge in [-0.1, -0.05) is 18.2 Å². The van der Waals surface area contributed by atoms with E-state index in [0.29, 0.717) is 12.1 Å². The maximum absolute atomic E-state index is 13.4. The lowest BCUT2D eigenvalue weighted by Crippen LogP contribution is -2.59. The zero-order valence-electron chi connectivity index (χ0n) is 8.99. The molecular formula is C12H17FN2. The number of hydrogen-bond acceptors (Lipinski definition) is 2. The number of nitrogens with zero attached hydrogens (tertiary/aromatic N) is 1. The zero-order chi connectivity index (χ0) is 10.8. The number of nitrogens with two attached hydrogens (primary N) is 1. The number of rotatable bonds is 3. The van der Waals surface area contributed by atoms with Crippen molar-refractivity contribution in [1.29, 1.82) is 0 Å². The van der Waals surface area contributed by atoms with Gasteiger partial charge in [0.2, 0.25) is 0 Å². The van der Waals surface area contributed by atoms with Gasteiger partial charge < -0.3 is 5.73 Å². The van der Waals surface area contributed by atoms with E-state index in [1.165, 1.54) is 6.07 Å². The van der Waals surface area contributed by atoms with Crippen molar-refractivity contribution in [2.24, 2.45) is 5.73 Å². The smallest absolute Gasteiger partial charge is 0.126 e. The molecule has 2 rings (SSSR count).